The zero-order valence-corrected chi connectivity index (χ0v) is 21.2. The van der Waals surface area contributed by atoms with E-state index in [1.54, 1.807) is 0 Å². The Morgan fingerprint density at radius 3 is 2.26 bits per heavy atom. The fourth-order valence-corrected chi connectivity index (χ4v) is 5.41. The zero-order chi connectivity index (χ0) is 24.4. The minimum Gasteiger partial charge on any atom is -0.494 e. The molecule has 0 amide bonds. The molecule has 0 spiro atoms. The minimum absolute atomic E-state index is 0.399. The minimum atomic E-state index is 0.399. The van der Waals surface area contributed by atoms with Gasteiger partial charge in [-0.1, -0.05) is 30.3 Å². The lowest BCUT2D eigenvalue weighted by Crippen LogP contribution is -2.38. The molecule has 1 aliphatic heterocycles. The van der Waals surface area contributed by atoms with Crippen LogP contribution >= 0.6 is 0 Å². The van der Waals surface area contributed by atoms with Crippen LogP contribution in [0.15, 0.2) is 54.6 Å². The van der Waals surface area contributed by atoms with Crippen LogP contribution in [0.4, 0.5) is 5.82 Å². The van der Waals surface area contributed by atoms with Gasteiger partial charge in [-0.2, -0.15) is 5.10 Å². The maximum absolute atomic E-state index is 5.64. The number of hydrogen-bond donors (Lipinski definition) is 1. The predicted octanol–water partition coefficient (Wildman–Crippen LogP) is 5.82. The number of likely N-dealkylation sites (tertiary alicyclic amines) is 1. The van der Waals surface area contributed by atoms with Crippen molar-refractivity contribution in [1.82, 2.24) is 19.7 Å². The molecule has 3 heterocycles. The van der Waals surface area contributed by atoms with Gasteiger partial charge in [0.25, 0.3) is 0 Å². The third-order valence-corrected chi connectivity index (χ3v) is 7.13. The molecule has 0 unspecified atom stereocenters. The van der Waals surface area contributed by atoms with Crippen LogP contribution in [0.5, 0.6) is 5.75 Å². The number of nitrogens with one attached hydrogen (secondary N) is 1. The van der Waals surface area contributed by atoms with Crippen molar-refractivity contribution in [3.05, 3.63) is 77.2 Å². The van der Waals surface area contributed by atoms with Gasteiger partial charge < -0.3 is 14.6 Å². The maximum atomic E-state index is 5.64. The lowest BCUT2D eigenvalue weighted by Gasteiger charge is -2.32. The molecule has 182 valence electrons. The molecule has 1 saturated heterocycles. The van der Waals surface area contributed by atoms with Crippen LogP contribution in [0.25, 0.3) is 16.5 Å². The third-order valence-electron chi connectivity index (χ3n) is 7.13. The Morgan fingerprint density at radius 1 is 0.886 bits per heavy atom. The average molecular weight is 470 g/mol. The smallest absolute Gasteiger partial charge is 0.158 e. The van der Waals surface area contributed by atoms with Gasteiger partial charge in [0.1, 0.15) is 5.75 Å². The molecule has 1 fully saturated rings. The second-order valence-corrected chi connectivity index (χ2v) is 9.50. The highest BCUT2D eigenvalue weighted by molar-refractivity contribution is 5.98. The number of piperidine rings is 1. The molecule has 4 aromatic rings. The van der Waals surface area contributed by atoms with Crippen molar-refractivity contribution in [3.63, 3.8) is 0 Å². The van der Waals surface area contributed by atoms with E-state index in [2.05, 4.69) is 88.2 Å². The molecule has 6 nitrogen and oxygen atoms in total. The molecule has 0 saturated carbocycles. The average Bonchev–Trinajstić information content (AvgIpc) is 3.14. The van der Waals surface area contributed by atoms with Crippen LogP contribution in [0.2, 0.25) is 0 Å². The van der Waals surface area contributed by atoms with Crippen molar-refractivity contribution < 1.29 is 4.74 Å². The Labute approximate surface area is 207 Å². The summed E-state index contributed by atoms with van der Waals surface area (Å²) in [6.07, 6.45) is 2.20. The number of aromatic nitrogens is 3. The molecule has 1 N–H and O–H groups in total. The number of ether oxygens (including phenoxy) is 1. The van der Waals surface area contributed by atoms with E-state index in [0.717, 1.165) is 55.4 Å². The first-order chi connectivity index (χ1) is 17.0. The van der Waals surface area contributed by atoms with Crippen molar-refractivity contribution in [3.8, 4) is 11.4 Å². The summed E-state index contributed by atoms with van der Waals surface area (Å²) < 4.78 is 7.95. The highest BCUT2D eigenvalue weighted by Gasteiger charge is 2.23. The summed E-state index contributed by atoms with van der Waals surface area (Å²) in [4.78, 5) is 2.54. The van der Waals surface area contributed by atoms with Crippen LogP contribution in [0.1, 0.15) is 42.4 Å². The van der Waals surface area contributed by atoms with Gasteiger partial charge >= 0.3 is 0 Å². The van der Waals surface area contributed by atoms with Gasteiger partial charge in [0.15, 0.2) is 5.82 Å². The first-order valence-electron chi connectivity index (χ1n) is 12.7. The van der Waals surface area contributed by atoms with Gasteiger partial charge in [-0.05, 0) is 70.4 Å². The Morgan fingerprint density at radius 2 is 1.57 bits per heavy atom. The van der Waals surface area contributed by atoms with Crippen molar-refractivity contribution in [1.29, 1.82) is 0 Å². The van der Waals surface area contributed by atoms with Crippen LogP contribution in [-0.4, -0.2) is 45.4 Å². The van der Waals surface area contributed by atoms with Gasteiger partial charge in [-0.3, -0.25) is 4.90 Å². The van der Waals surface area contributed by atoms with Crippen LogP contribution in [0.3, 0.4) is 0 Å². The normalized spacial score (nSPS) is 15.0. The standard InChI is InChI=1S/C29H35N5O/c1-5-35-26-13-11-25(12-14-26)34-21(3)27-20(2)31-32-29(28(27)22(34)4)30-24-15-17-33(18-16-24)19-23-9-7-6-8-10-23/h6-14,24H,5,15-19H2,1-4H3,(H,30,32). The van der Waals surface area contributed by atoms with E-state index >= 15 is 0 Å². The van der Waals surface area contributed by atoms with Gasteiger partial charge in [0.05, 0.1) is 12.3 Å². The van der Waals surface area contributed by atoms with Crippen LogP contribution in [-0.2, 0) is 6.54 Å². The number of aryl methyl sites for hydroxylation is 3. The predicted molar refractivity (Wildman–Crippen MR) is 143 cm³/mol. The molecule has 0 bridgehead atoms. The number of nitrogens with zero attached hydrogens (tertiary/aromatic N) is 4. The first kappa shape index (κ1) is 23.4. The summed E-state index contributed by atoms with van der Waals surface area (Å²) >= 11 is 0. The van der Waals surface area contributed by atoms with Gasteiger partial charge in [-0.25, -0.2) is 0 Å². The van der Waals surface area contributed by atoms with E-state index in [1.165, 1.54) is 27.7 Å². The van der Waals surface area contributed by atoms with Crippen molar-refractivity contribution >= 4 is 16.6 Å². The SMILES string of the molecule is CCOc1ccc(-n2c(C)c3c(C)nnc(NC4CCN(Cc5ccccc5)CC4)c3c2C)cc1. The summed E-state index contributed by atoms with van der Waals surface area (Å²) in [5.74, 6) is 1.79. The van der Waals surface area contributed by atoms with Crippen molar-refractivity contribution in [2.24, 2.45) is 0 Å². The molecular weight excluding hydrogens is 434 g/mol. The quantitative estimate of drug-likeness (QED) is 0.370. The van der Waals surface area contributed by atoms with Crippen molar-refractivity contribution in [2.75, 3.05) is 25.0 Å². The summed E-state index contributed by atoms with van der Waals surface area (Å²) in [6.45, 7) is 12.3. The zero-order valence-electron chi connectivity index (χ0n) is 21.2. The fourth-order valence-electron chi connectivity index (χ4n) is 5.41. The van der Waals surface area contributed by atoms with E-state index in [-0.39, 0.29) is 0 Å². The first-order valence-corrected chi connectivity index (χ1v) is 12.7. The molecule has 2 aromatic heterocycles. The van der Waals surface area contributed by atoms with Gasteiger partial charge in [-0.15, -0.1) is 5.10 Å². The van der Waals surface area contributed by atoms with Crippen LogP contribution < -0.4 is 10.1 Å². The number of anilines is 1. The summed E-state index contributed by atoms with van der Waals surface area (Å²) in [6, 6.07) is 19.5. The number of hydrogen-bond acceptors (Lipinski definition) is 5. The van der Waals surface area contributed by atoms with Gasteiger partial charge in [0, 0.05) is 53.5 Å². The van der Waals surface area contributed by atoms with E-state index < -0.39 is 0 Å². The summed E-state index contributed by atoms with van der Waals surface area (Å²) in [5.41, 5.74) is 5.85. The van der Waals surface area contributed by atoms with E-state index in [9.17, 15) is 0 Å². The number of rotatable bonds is 7. The highest BCUT2D eigenvalue weighted by atomic mass is 16.5. The van der Waals surface area contributed by atoms with Crippen LogP contribution in [0, 0.1) is 20.8 Å². The summed E-state index contributed by atoms with van der Waals surface area (Å²) in [5, 5.41) is 15.3. The van der Waals surface area contributed by atoms with E-state index in [4.69, 9.17) is 4.74 Å². The molecule has 0 radical (unpaired) electrons. The lowest BCUT2D eigenvalue weighted by molar-refractivity contribution is 0.211. The largest absolute Gasteiger partial charge is 0.494 e. The molecule has 35 heavy (non-hydrogen) atoms. The van der Waals surface area contributed by atoms with Gasteiger partial charge in [0.2, 0.25) is 0 Å². The molecule has 0 atom stereocenters. The Bertz CT molecular complexity index is 1290. The van der Waals surface area contributed by atoms with E-state index in [0.29, 0.717) is 12.6 Å². The fraction of sp³-hybridized carbons (Fsp3) is 0.379. The topological polar surface area (TPSA) is 55.2 Å². The maximum Gasteiger partial charge on any atom is 0.158 e. The Kier molecular flexibility index (Phi) is 6.73. The third kappa shape index (κ3) is 4.76. The molecule has 2 aromatic carbocycles. The lowest BCUT2D eigenvalue weighted by atomic mass is 10.0. The van der Waals surface area contributed by atoms with Crippen molar-refractivity contribution in [2.45, 2.75) is 53.1 Å². The number of benzene rings is 2. The number of fused-ring (bicyclic) bond motifs is 1. The Balaban J connectivity index is 1.37. The molecule has 1 aliphatic rings. The second-order valence-electron chi connectivity index (χ2n) is 9.50. The molecule has 6 heteroatoms. The highest BCUT2D eigenvalue weighted by Crippen LogP contribution is 2.35. The molecular formula is C29H35N5O. The second kappa shape index (κ2) is 10.1. The molecule has 5 rings (SSSR count). The summed E-state index contributed by atoms with van der Waals surface area (Å²) in [7, 11) is 0. The van der Waals surface area contributed by atoms with E-state index in [1.807, 2.05) is 19.1 Å². The molecule has 0 aliphatic carbocycles. The monoisotopic (exact) mass is 469 g/mol. The Hall–Kier alpha value is -3.38.